The summed E-state index contributed by atoms with van der Waals surface area (Å²) in [7, 11) is 0. The Morgan fingerprint density at radius 1 is 1.56 bits per heavy atom. The molecule has 0 amide bonds. The van der Waals surface area contributed by atoms with Crippen molar-refractivity contribution in [1.82, 2.24) is 14.9 Å². The van der Waals surface area contributed by atoms with Crippen LogP contribution in [0.4, 0.5) is 5.82 Å². The van der Waals surface area contributed by atoms with Crippen LogP contribution in [-0.4, -0.2) is 41.0 Å². The van der Waals surface area contributed by atoms with E-state index in [4.69, 9.17) is 0 Å². The normalized spacial score (nSPS) is 17.9. The third-order valence-electron chi connectivity index (χ3n) is 3.39. The Morgan fingerprint density at radius 2 is 2.28 bits per heavy atom. The number of nitrogens with one attached hydrogen (secondary N) is 2. The molecule has 0 spiro atoms. The predicted octanol–water partition coefficient (Wildman–Crippen LogP) is 1.68. The number of aromatic nitrogens is 2. The second kappa shape index (κ2) is 6.33. The first-order chi connectivity index (χ1) is 8.66. The van der Waals surface area contributed by atoms with Gasteiger partial charge in [-0.15, -0.1) is 0 Å². The van der Waals surface area contributed by atoms with E-state index in [1.807, 2.05) is 0 Å². The average Bonchev–Trinajstić information content (AvgIpc) is 2.37. The highest BCUT2D eigenvalue weighted by Gasteiger charge is 2.15. The molecule has 0 aliphatic carbocycles. The quantitative estimate of drug-likeness (QED) is 0.887. The molecule has 18 heavy (non-hydrogen) atoms. The lowest BCUT2D eigenvalue weighted by atomic mass is 9.99. The Morgan fingerprint density at radius 3 is 3.00 bits per heavy atom. The van der Waals surface area contributed by atoms with Gasteiger partial charge in [0.05, 0.1) is 6.33 Å². The molecule has 2 rings (SSSR count). The minimum absolute atomic E-state index is 0.153. The Balaban J connectivity index is 1.78. The summed E-state index contributed by atoms with van der Waals surface area (Å²) in [5.74, 6) is 1.47. The molecule has 0 radical (unpaired) electrons. The number of halogens is 1. The van der Waals surface area contributed by atoms with Crippen LogP contribution in [0.15, 0.2) is 15.6 Å². The van der Waals surface area contributed by atoms with E-state index >= 15 is 0 Å². The van der Waals surface area contributed by atoms with Crippen LogP contribution < -0.4 is 10.9 Å². The first-order valence-electron chi connectivity index (χ1n) is 6.36. The van der Waals surface area contributed by atoms with Gasteiger partial charge >= 0.3 is 0 Å². The summed E-state index contributed by atoms with van der Waals surface area (Å²) in [6.45, 7) is 6.46. The van der Waals surface area contributed by atoms with E-state index in [1.54, 1.807) is 0 Å². The van der Waals surface area contributed by atoms with E-state index in [0.717, 1.165) is 19.0 Å². The molecule has 0 aromatic carbocycles. The monoisotopic (exact) mass is 314 g/mol. The molecule has 100 valence electrons. The van der Waals surface area contributed by atoms with Gasteiger partial charge < -0.3 is 15.2 Å². The van der Waals surface area contributed by atoms with Gasteiger partial charge in [-0.2, -0.15) is 0 Å². The van der Waals surface area contributed by atoms with Crippen LogP contribution in [0.3, 0.4) is 0 Å². The zero-order valence-corrected chi connectivity index (χ0v) is 12.2. The molecule has 5 nitrogen and oxygen atoms in total. The van der Waals surface area contributed by atoms with Crippen LogP contribution in [-0.2, 0) is 0 Å². The summed E-state index contributed by atoms with van der Waals surface area (Å²) in [6.07, 6.45) is 3.98. The highest BCUT2D eigenvalue weighted by molar-refractivity contribution is 9.10. The van der Waals surface area contributed by atoms with Crippen LogP contribution in [0.25, 0.3) is 0 Å². The lowest BCUT2D eigenvalue weighted by molar-refractivity contribution is 0.199. The summed E-state index contributed by atoms with van der Waals surface area (Å²) in [6, 6.07) is 0. The number of H-pyrrole nitrogens is 1. The highest BCUT2D eigenvalue weighted by Crippen LogP contribution is 2.16. The molecule has 0 bridgehead atoms. The van der Waals surface area contributed by atoms with Crippen LogP contribution in [0.5, 0.6) is 0 Å². The predicted molar refractivity (Wildman–Crippen MR) is 75.9 cm³/mol. The maximum atomic E-state index is 11.3. The SMILES string of the molecule is CC1CCN(CCNc2nc[nH]c(=O)c2Br)CC1. The third kappa shape index (κ3) is 3.55. The topological polar surface area (TPSA) is 61.0 Å². The summed E-state index contributed by atoms with van der Waals surface area (Å²) in [4.78, 5) is 20.4. The Bertz CT molecular complexity index is 440. The third-order valence-corrected chi connectivity index (χ3v) is 4.13. The van der Waals surface area contributed by atoms with Gasteiger partial charge in [0.25, 0.3) is 5.56 Å². The standard InChI is InChI=1S/C12H19BrN4O/c1-9-2-5-17(6-3-9)7-4-14-11-10(13)12(18)16-8-15-11/h8-9H,2-7H2,1H3,(H2,14,15,16,18). The van der Waals surface area contributed by atoms with Crippen molar-refractivity contribution in [2.45, 2.75) is 19.8 Å². The Hall–Kier alpha value is -0.880. The van der Waals surface area contributed by atoms with Crippen molar-refractivity contribution in [2.75, 3.05) is 31.5 Å². The van der Waals surface area contributed by atoms with Crippen molar-refractivity contribution < 1.29 is 0 Å². The van der Waals surface area contributed by atoms with Gasteiger partial charge in [0, 0.05) is 13.1 Å². The number of aromatic amines is 1. The zero-order chi connectivity index (χ0) is 13.0. The van der Waals surface area contributed by atoms with Gasteiger partial charge in [-0.3, -0.25) is 4.79 Å². The molecule has 1 saturated heterocycles. The second-order valence-electron chi connectivity index (χ2n) is 4.85. The van der Waals surface area contributed by atoms with Crippen molar-refractivity contribution >= 4 is 21.7 Å². The summed E-state index contributed by atoms with van der Waals surface area (Å²) < 4.78 is 0.470. The largest absolute Gasteiger partial charge is 0.368 e. The minimum atomic E-state index is -0.153. The summed E-state index contributed by atoms with van der Waals surface area (Å²) in [5.41, 5.74) is -0.153. The molecule has 1 aliphatic rings. The van der Waals surface area contributed by atoms with Crippen molar-refractivity contribution in [3.63, 3.8) is 0 Å². The second-order valence-corrected chi connectivity index (χ2v) is 5.64. The lowest BCUT2D eigenvalue weighted by Crippen LogP contribution is -2.36. The molecule has 6 heteroatoms. The van der Waals surface area contributed by atoms with Crippen LogP contribution in [0, 0.1) is 5.92 Å². The van der Waals surface area contributed by atoms with Crippen LogP contribution >= 0.6 is 15.9 Å². The summed E-state index contributed by atoms with van der Waals surface area (Å²) in [5, 5.41) is 3.19. The van der Waals surface area contributed by atoms with Crippen LogP contribution in [0.1, 0.15) is 19.8 Å². The van der Waals surface area contributed by atoms with Crippen molar-refractivity contribution in [3.05, 3.63) is 21.2 Å². The van der Waals surface area contributed by atoms with Crippen molar-refractivity contribution in [2.24, 2.45) is 5.92 Å². The maximum absolute atomic E-state index is 11.3. The van der Waals surface area contributed by atoms with Crippen molar-refractivity contribution in [1.29, 1.82) is 0 Å². The molecule has 0 saturated carbocycles. The fourth-order valence-electron chi connectivity index (χ4n) is 2.12. The van der Waals surface area contributed by atoms with Crippen molar-refractivity contribution in [3.8, 4) is 0 Å². The minimum Gasteiger partial charge on any atom is -0.368 e. The number of hydrogen-bond acceptors (Lipinski definition) is 4. The summed E-state index contributed by atoms with van der Waals surface area (Å²) >= 11 is 3.23. The van der Waals surface area contributed by atoms with Gasteiger partial charge in [0.2, 0.25) is 0 Å². The Kier molecular flexibility index (Phi) is 4.77. The first kappa shape index (κ1) is 13.5. The molecule has 1 aliphatic heterocycles. The number of likely N-dealkylation sites (tertiary alicyclic amines) is 1. The van der Waals surface area contributed by atoms with E-state index in [2.05, 4.69) is 43.0 Å². The van der Waals surface area contributed by atoms with Gasteiger partial charge in [-0.05, 0) is 47.8 Å². The molecular formula is C12H19BrN4O. The van der Waals surface area contributed by atoms with Crippen LogP contribution in [0.2, 0.25) is 0 Å². The molecule has 0 unspecified atom stereocenters. The zero-order valence-electron chi connectivity index (χ0n) is 10.6. The van der Waals surface area contributed by atoms with Gasteiger partial charge in [0.15, 0.2) is 0 Å². The molecule has 2 heterocycles. The molecule has 1 aromatic heterocycles. The first-order valence-corrected chi connectivity index (χ1v) is 7.15. The van der Waals surface area contributed by atoms with Gasteiger partial charge in [-0.25, -0.2) is 4.98 Å². The highest BCUT2D eigenvalue weighted by atomic mass is 79.9. The lowest BCUT2D eigenvalue weighted by Gasteiger charge is -2.30. The molecular weight excluding hydrogens is 296 g/mol. The van der Waals surface area contributed by atoms with E-state index < -0.39 is 0 Å². The molecule has 0 atom stereocenters. The van der Waals surface area contributed by atoms with E-state index in [0.29, 0.717) is 10.3 Å². The number of rotatable bonds is 4. The van der Waals surface area contributed by atoms with E-state index in [9.17, 15) is 4.79 Å². The number of piperidine rings is 1. The Labute approximate surface area is 115 Å². The molecule has 2 N–H and O–H groups in total. The van der Waals surface area contributed by atoms with Gasteiger partial charge in [0.1, 0.15) is 10.3 Å². The van der Waals surface area contributed by atoms with E-state index in [-0.39, 0.29) is 5.56 Å². The van der Waals surface area contributed by atoms with Gasteiger partial charge in [-0.1, -0.05) is 6.92 Å². The van der Waals surface area contributed by atoms with E-state index in [1.165, 1.54) is 32.3 Å². The average molecular weight is 315 g/mol. The smallest absolute Gasteiger partial charge is 0.267 e. The molecule has 1 aromatic rings. The number of hydrogen-bond donors (Lipinski definition) is 2. The number of anilines is 1. The fourth-order valence-corrected chi connectivity index (χ4v) is 2.48. The maximum Gasteiger partial charge on any atom is 0.267 e. The fraction of sp³-hybridized carbons (Fsp3) is 0.667. The molecule has 1 fully saturated rings. The number of nitrogens with zero attached hydrogens (tertiary/aromatic N) is 2.